The third-order valence-corrected chi connectivity index (χ3v) is 4.80. The highest BCUT2D eigenvalue weighted by molar-refractivity contribution is 5.58. The maximum atomic E-state index is 11.0. The van der Waals surface area contributed by atoms with Crippen LogP contribution >= 0.6 is 0 Å². The van der Waals surface area contributed by atoms with Crippen LogP contribution in [0.5, 0.6) is 0 Å². The van der Waals surface area contributed by atoms with E-state index in [-0.39, 0.29) is 6.04 Å². The van der Waals surface area contributed by atoms with Crippen molar-refractivity contribution in [2.75, 3.05) is 13.1 Å². The van der Waals surface area contributed by atoms with Crippen LogP contribution < -0.4 is 0 Å². The van der Waals surface area contributed by atoms with Gasteiger partial charge in [-0.1, -0.05) is 20.8 Å². The van der Waals surface area contributed by atoms with Crippen molar-refractivity contribution in [2.24, 2.45) is 10.8 Å². The number of nitrogens with zero attached hydrogens (tertiary/aromatic N) is 1. The zero-order valence-corrected chi connectivity index (χ0v) is 9.55. The van der Waals surface area contributed by atoms with Gasteiger partial charge < -0.3 is 4.79 Å². The zero-order valence-electron chi connectivity index (χ0n) is 9.55. The first kappa shape index (κ1) is 10.2. The number of hydrogen-bond acceptors (Lipinski definition) is 2. The molecule has 0 aromatic heterocycles. The first-order valence-electron chi connectivity index (χ1n) is 5.74. The summed E-state index contributed by atoms with van der Waals surface area (Å²) in [4.78, 5) is 13.3. The topological polar surface area (TPSA) is 20.3 Å². The summed E-state index contributed by atoms with van der Waals surface area (Å²) in [7, 11) is 0. The van der Waals surface area contributed by atoms with Gasteiger partial charge in [0.1, 0.15) is 6.29 Å². The molecular formula is C12H21NO. The largest absolute Gasteiger partial charge is 0.302 e. The van der Waals surface area contributed by atoms with E-state index in [9.17, 15) is 4.79 Å². The number of likely N-dealkylation sites (tertiary alicyclic amines) is 1. The Labute approximate surface area is 86.7 Å². The van der Waals surface area contributed by atoms with Gasteiger partial charge in [-0.3, -0.25) is 4.90 Å². The number of hydrogen-bond donors (Lipinski definition) is 0. The van der Waals surface area contributed by atoms with Crippen LogP contribution in [0.2, 0.25) is 0 Å². The minimum absolute atomic E-state index is 0.194. The lowest BCUT2D eigenvalue weighted by Gasteiger charge is -2.54. The molecule has 1 saturated carbocycles. The van der Waals surface area contributed by atoms with E-state index >= 15 is 0 Å². The monoisotopic (exact) mass is 195 g/mol. The number of aldehydes is 1. The molecular weight excluding hydrogens is 174 g/mol. The highest BCUT2D eigenvalue weighted by atomic mass is 16.1. The molecule has 2 aliphatic rings. The Morgan fingerprint density at radius 1 is 1.43 bits per heavy atom. The molecule has 14 heavy (non-hydrogen) atoms. The van der Waals surface area contributed by atoms with E-state index in [1.54, 1.807) is 0 Å². The number of rotatable bonds is 2. The van der Waals surface area contributed by atoms with Gasteiger partial charge >= 0.3 is 0 Å². The minimum Gasteiger partial charge on any atom is -0.302 e. The molecule has 1 heterocycles. The van der Waals surface area contributed by atoms with E-state index < -0.39 is 0 Å². The summed E-state index contributed by atoms with van der Waals surface area (Å²) in [6.45, 7) is 9.03. The summed E-state index contributed by atoms with van der Waals surface area (Å²) in [5, 5.41) is 0. The highest BCUT2D eigenvalue weighted by Crippen LogP contribution is 2.61. The van der Waals surface area contributed by atoms with Gasteiger partial charge in [-0.15, -0.1) is 0 Å². The van der Waals surface area contributed by atoms with Crippen LogP contribution in [-0.4, -0.2) is 30.3 Å². The van der Waals surface area contributed by atoms with Gasteiger partial charge in [-0.05, 0) is 36.6 Å². The van der Waals surface area contributed by atoms with Crippen molar-refractivity contribution < 1.29 is 4.79 Å². The van der Waals surface area contributed by atoms with Crippen LogP contribution in [0.1, 0.15) is 40.0 Å². The van der Waals surface area contributed by atoms with Crippen LogP contribution in [-0.2, 0) is 4.79 Å². The van der Waals surface area contributed by atoms with Gasteiger partial charge in [-0.25, -0.2) is 0 Å². The predicted octanol–water partition coefficient (Wildman–Crippen LogP) is 2.09. The van der Waals surface area contributed by atoms with Gasteiger partial charge in [0.15, 0.2) is 0 Å². The summed E-state index contributed by atoms with van der Waals surface area (Å²) >= 11 is 0. The maximum absolute atomic E-state index is 11.0. The predicted molar refractivity (Wildman–Crippen MR) is 57.2 cm³/mol. The van der Waals surface area contributed by atoms with E-state index in [0.717, 1.165) is 25.8 Å². The van der Waals surface area contributed by atoms with Gasteiger partial charge in [0.25, 0.3) is 0 Å². The van der Waals surface area contributed by atoms with Gasteiger partial charge in [0.05, 0.1) is 6.04 Å². The number of likely N-dealkylation sites (N-methyl/N-ethyl adjacent to an activating group) is 1. The van der Waals surface area contributed by atoms with E-state index in [0.29, 0.717) is 10.8 Å². The molecule has 1 spiro atoms. The smallest absolute Gasteiger partial charge is 0.137 e. The molecule has 2 heteroatoms. The van der Waals surface area contributed by atoms with Gasteiger partial charge in [0.2, 0.25) is 0 Å². The molecule has 2 nitrogen and oxygen atoms in total. The lowest BCUT2D eigenvalue weighted by molar-refractivity contribution is -0.111. The van der Waals surface area contributed by atoms with Crippen molar-refractivity contribution in [1.82, 2.24) is 4.90 Å². The van der Waals surface area contributed by atoms with Crippen molar-refractivity contribution >= 4 is 6.29 Å². The molecule has 1 aliphatic carbocycles. The van der Waals surface area contributed by atoms with E-state index in [1.165, 1.54) is 12.8 Å². The highest BCUT2D eigenvalue weighted by Gasteiger charge is 2.57. The quantitative estimate of drug-likeness (QED) is 0.629. The molecule has 1 saturated heterocycles. The Hall–Kier alpha value is -0.370. The fourth-order valence-electron chi connectivity index (χ4n) is 3.23. The van der Waals surface area contributed by atoms with Gasteiger partial charge in [-0.2, -0.15) is 0 Å². The third kappa shape index (κ3) is 1.16. The molecule has 0 amide bonds. The standard InChI is InChI=1S/C12H21NO/c1-4-13-9-12(7-10(13)8-14)6-5-11(12,2)3/h8,10H,4-7,9H2,1-3H3/t10-,12?/m0/s1. The van der Waals surface area contributed by atoms with Crippen LogP contribution in [0, 0.1) is 10.8 Å². The Morgan fingerprint density at radius 2 is 2.14 bits per heavy atom. The third-order valence-electron chi connectivity index (χ3n) is 4.80. The normalized spacial score (nSPS) is 41.2. The van der Waals surface area contributed by atoms with E-state index in [1.807, 2.05) is 0 Å². The zero-order chi connectivity index (χ0) is 10.4. The molecule has 1 aliphatic heterocycles. The molecule has 0 bridgehead atoms. The Morgan fingerprint density at radius 3 is 2.43 bits per heavy atom. The molecule has 2 rings (SSSR count). The fourth-order valence-corrected chi connectivity index (χ4v) is 3.23. The summed E-state index contributed by atoms with van der Waals surface area (Å²) in [6, 6.07) is 0.194. The van der Waals surface area contributed by atoms with Crippen LogP contribution in [0.25, 0.3) is 0 Å². The Balaban J connectivity index is 2.15. The van der Waals surface area contributed by atoms with Crippen molar-refractivity contribution in [3.63, 3.8) is 0 Å². The lowest BCUT2D eigenvalue weighted by atomic mass is 9.50. The Bertz CT molecular complexity index is 249. The summed E-state index contributed by atoms with van der Waals surface area (Å²) in [6.07, 6.45) is 4.89. The van der Waals surface area contributed by atoms with Gasteiger partial charge in [0, 0.05) is 6.54 Å². The Kier molecular flexibility index (Phi) is 2.22. The van der Waals surface area contributed by atoms with E-state index in [2.05, 4.69) is 25.7 Å². The summed E-state index contributed by atoms with van der Waals surface area (Å²) < 4.78 is 0. The van der Waals surface area contributed by atoms with Crippen LogP contribution in [0.3, 0.4) is 0 Å². The fraction of sp³-hybridized carbons (Fsp3) is 0.917. The van der Waals surface area contributed by atoms with E-state index in [4.69, 9.17) is 0 Å². The first-order chi connectivity index (χ1) is 6.54. The van der Waals surface area contributed by atoms with Crippen LogP contribution in [0.15, 0.2) is 0 Å². The molecule has 0 aromatic carbocycles. The summed E-state index contributed by atoms with van der Waals surface area (Å²) in [5.41, 5.74) is 0.909. The maximum Gasteiger partial charge on any atom is 0.137 e. The molecule has 2 fully saturated rings. The second-order valence-corrected chi connectivity index (χ2v) is 5.63. The molecule has 2 atom stereocenters. The SMILES string of the molecule is CCN1CC2(CCC2(C)C)C[C@H]1C=O. The molecule has 0 aromatic rings. The molecule has 1 unspecified atom stereocenters. The number of carbonyl (C=O) groups excluding carboxylic acids is 1. The molecule has 0 N–H and O–H groups in total. The van der Waals surface area contributed by atoms with Crippen molar-refractivity contribution in [1.29, 1.82) is 0 Å². The second-order valence-electron chi connectivity index (χ2n) is 5.63. The van der Waals surface area contributed by atoms with Crippen LogP contribution in [0.4, 0.5) is 0 Å². The van der Waals surface area contributed by atoms with Crippen molar-refractivity contribution in [2.45, 2.75) is 46.1 Å². The molecule has 0 radical (unpaired) electrons. The van der Waals surface area contributed by atoms with Crippen molar-refractivity contribution in [3.8, 4) is 0 Å². The number of carbonyl (C=O) groups is 1. The lowest BCUT2D eigenvalue weighted by Crippen LogP contribution is -2.49. The van der Waals surface area contributed by atoms with Crippen molar-refractivity contribution in [3.05, 3.63) is 0 Å². The first-order valence-corrected chi connectivity index (χ1v) is 5.74. The average Bonchev–Trinajstić information content (AvgIpc) is 2.57. The average molecular weight is 195 g/mol. The summed E-state index contributed by atoms with van der Waals surface area (Å²) in [5.74, 6) is 0. The minimum atomic E-state index is 0.194. The molecule has 80 valence electrons. The second kappa shape index (κ2) is 3.06.